The quantitative estimate of drug-likeness (QED) is 0.693. The lowest BCUT2D eigenvalue weighted by Gasteiger charge is -2.16. The molecule has 0 heterocycles. The first-order valence-corrected chi connectivity index (χ1v) is 4.90. The highest BCUT2D eigenvalue weighted by Gasteiger charge is 2.04. The number of carbonyl (C=O) groups is 1. The molecule has 1 rings (SSSR count). The molecule has 82 valence electrons. The molecule has 1 aromatic carbocycles. The van der Waals surface area contributed by atoms with Gasteiger partial charge in [0.2, 0.25) is 5.91 Å². The standard InChI is InChI=1S/C11H17N3O/c1-14(7-6-11(13)15)8-9-4-2-3-5-10(9)12/h2-5H,6-8,12H2,1H3,(H2,13,15). The number of hydrogen-bond donors (Lipinski definition) is 2. The van der Waals surface area contributed by atoms with E-state index in [1.54, 1.807) is 0 Å². The van der Waals surface area contributed by atoms with Crippen LogP contribution in [0.2, 0.25) is 0 Å². The number of carbonyl (C=O) groups excluding carboxylic acids is 1. The highest BCUT2D eigenvalue weighted by molar-refractivity contribution is 5.73. The Morgan fingerprint density at radius 3 is 2.67 bits per heavy atom. The molecule has 0 saturated carbocycles. The lowest BCUT2D eigenvalue weighted by molar-refractivity contribution is -0.118. The van der Waals surface area contributed by atoms with Gasteiger partial charge in [0.1, 0.15) is 0 Å². The normalized spacial score (nSPS) is 10.5. The Labute approximate surface area is 89.9 Å². The summed E-state index contributed by atoms with van der Waals surface area (Å²) in [5, 5.41) is 0. The maximum Gasteiger partial charge on any atom is 0.218 e. The summed E-state index contributed by atoms with van der Waals surface area (Å²) < 4.78 is 0. The molecule has 0 spiro atoms. The molecule has 0 fully saturated rings. The summed E-state index contributed by atoms with van der Waals surface area (Å²) in [4.78, 5) is 12.6. The van der Waals surface area contributed by atoms with Crippen molar-refractivity contribution in [3.05, 3.63) is 29.8 Å². The highest BCUT2D eigenvalue weighted by atomic mass is 16.1. The van der Waals surface area contributed by atoms with Gasteiger partial charge in [-0.3, -0.25) is 4.79 Å². The predicted octanol–water partition coefficient (Wildman–Crippen LogP) is 0.576. The van der Waals surface area contributed by atoms with Crippen LogP contribution in [0.3, 0.4) is 0 Å². The Morgan fingerprint density at radius 1 is 1.40 bits per heavy atom. The van der Waals surface area contributed by atoms with Crippen LogP contribution in [0.5, 0.6) is 0 Å². The van der Waals surface area contributed by atoms with Crippen LogP contribution in [0.4, 0.5) is 5.69 Å². The van der Waals surface area contributed by atoms with Crippen LogP contribution in [0.15, 0.2) is 24.3 Å². The Kier molecular flexibility index (Phi) is 4.12. The molecule has 4 N–H and O–H groups in total. The van der Waals surface area contributed by atoms with E-state index in [1.165, 1.54) is 0 Å². The lowest BCUT2D eigenvalue weighted by Crippen LogP contribution is -2.24. The van der Waals surface area contributed by atoms with Gasteiger partial charge < -0.3 is 16.4 Å². The average Bonchev–Trinajstić information content (AvgIpc) is 2.18. The first-order chi connectivity index (χ1) is 7.09. The lowest BCUT2D eigenvalue weighted by atomic mass is 10.1. The topological polar surface area (TPSA) is 72.3 Å². The van der Waals surface area contributed by atoms with Crippen molar-refractivity contribution in [3.63, 3.8) is 0 Å². The minimum Gasteiger partial charge on any atom is -0.398 e. The van der Waals surface area contributed by atoms with Gasteiger partial charge in [-0.1, -0.05) is 18.2 Å². The second-order valence-electron chi connectivity index (χ2n) is 3.65. The molecule has 0 aromatic heterocycles. The van der Waals surface area contributed by atoms with Gasteiger partial charge in [-0.25, -0.2) is 0 Å². The Morgan fingerprint density at radius 2 is 2.07 bits per heavy atom. The summed E-state index contributed by atoms with van der Waals surface area (Å²) in [7, 11) is 1.94. The van der Waals surface area contributed by atoms with Crippen molar-refractivity contribution in [2.24, 2.45) is 5.73 Å². The molecule has 0 aliphatic rings. The van der Waals surface area contributed by atoms with Gasteiger partial charge in [0.15, 0.2) is 0 Å². The minimum absolute atomic E-state index is 0.275. The number of rotatable bonds is 5. The van der Waals surface area contributed by atoms with E-state index >= 15 is 0 Å². The number of benzene rings is 1. The third kappa shape index (κ3) is 3.99. The number of nitrogen functional groups attached to an aromatic ring is 1. The Balaban J connectivity index is 2.47. The predicted molar refractivity (Wildman–Crippen MR) is 61.0 cm³/mol. The maximum atomic E-state index is 10.6. The molecule has 0 aliphatic heterocycles. The van der Waals surface area contributed by atoms with Crippen LogP contribution in [-0.4, -0.2) is 24.4 Å². The second-order valence-corrected chi connectivity index (χ2v) is 3.65. The molecule has 0 unspecified atom stereocenters. The number of primary amides is 1. The zero-order valence-corrected chi connectivity index (χ0v) is 8.94. The number of hydrogen-bond acceptors (Lipinski definition) is 3. The third-order valence-electron chi connectivity index (χ3n) is 2.24. The van der Waals surface area contributed by atoms with Crippen LogP contribution in [-0.2, 0) is 11.3 Å². The smallest absolute Gasteiger partial charge is 0.218 e. The Bertz CT molecular complexity index is 338. The van der Waals surface area contributed by atoms with Crippen molar-refractivity contribution in [2.45, 2.75) is 13.0 Å². The van der Waals surface area contributed by atoms with Crippen molar-refractivity contribution in [1.82, 2.24) is 4.90 Å². The van der Waals surface area contributed by atoms with E-state index in [4.69, 9.17) is 11.5 Å². The molecule has 4 nitrogen and oxygen atoms in total. The zero-order valence-electron chi connectivity index (χ0n) is 8.94. The van der Waals surface area contributed by atoms with Gasteiger partial charge in [0.05, 0.1) is 0 Å². The molecular formula is C11H17N3O. The van der Waals surface area contributed by atoms with Crippen LogP contribution < -0.4 is 11.5 Å². The number of nitrogens with zero attached hydrogens (tertiary/aromatic N) is 1. The summed E-state index contributed by atoms with van der Waals surface area (Å²) in [6, 6.07) is 7.71. The molecule has 0 saturated heterocycles. The van der Waals surface area contributed by atoms with E-state index in [2.05, 4.69) is 0 Å². The Hall–Kier alpha value is -1.55. The highest BCUT2D eigenvalue weighted by Crippen LogP contribution is 2.12. The van der Waals surface area contributed by atoms with Crippen LogP contribution >= 0.6 is 0 Å². The fraction of sp³-hybridized carbons (Fsp3) is 0.364. The minimum atomic E-state index is -0.275. The van der Waals surface area contributed by atoms with E-state index in [-0.39, 0.29) is 5.91 Å². The summed E-state index contributed by atoms with van der Waals surface area (Å²) in [5.41, 5.74) is 12.7. The molecule has 4 heteroatoms. The zero-order chi connectivity index (χ0) is 11.3. The van der Waals surface area contributed by atoms with Gasteiger partial charge in [-0.15, -0.1) is 0 Å². The van der Waals surface area contributed by atoms with Gasteiger partial charge in [0.25, 0.3) is 0 Å². The molecule has 0 radical (unpaired) electrons. The SMILES string of the molecule is CN(CCC(N)=O)Cc1ccccc1N. The largest absolute Gasteiger partial charge is 0.398 e. The van der Waals surface area contributed by atoms with Crippen molar-refractivity contribution < 1.29 is 4.79 Å². The first-order valence-electron chi connectivity index (χ1n) is 4.90. The fourth-order valence-corrected chi connectivity index (χ4v) is 1.35. The van der Waals surface area contributed by atoms with Gasteiger partial charge in [-0.05, 0) is 18.7 Å². The number of anilines is 1. The first kappa shape index (κ1) is 11.5. The molecule has 0 atom stereocenters. The van der Waals surface area contributed by atoms with Gasteiger partial charge in [0, 0.05) is 25.2 Å². The van der Waals surface area contributed by atoms with Gasteiger partial charge >= 0.3 is 0 Å². The summed E-state index contributed by atoms with van der Waals surface area (Å²) in [6.07, 6.45) is 0.378. The summed E-state index contributed by atoms with van der Waals surface area (Å²) in [6.45, 7) is 1.39. The van der Waals surface area contributed by atoms with E-state index in [0.717, 1.165) is 17.8 Å². The fourth-order valence-electron chi connectivity index (χ4n) is 1.35. The monoisotopic (exact) mass is 207 g/mol. The van der Waals surface area contributed by atoms with Crippen LogP contribution in [0, 0.1) is 0 Å². The van der Waals surface area contributed by atoms with Crippen LogP contribution in [0.1, 0.15) is 12.0 Å². The summed E-state index contributed by atoms with van der Waals surface area (Å²) in [5.74, 6) is -0.275. The molecule has 1 amide bonds. The van der Waals surface area contributed by atoms with E-state index in [1.807, 2.05) is 36.2 Å². The number of para-hydroxylation sites is 1. The maximum absolute atomic E-state index is 10.6. The van der Waals surface area contributed by atoms with E-state index in [0.29, 0.717) is 13.0 Å². The number of amides is 1. The number of nitrogens with two attached hydrogens (primary N) is 2. The second kappa shape index (κ2) is 5.36. The molecule has 0 bridgehead atoms. The average molecular weight is 207 g/mol. The van der Waals surface area contributed by atoms with Crippen molar-refractivity contribution in [3.8, 4) is 0 Å². The van der Waals surface area contributed by atoms with Crippen molar-refractivity contribution in [1.29, 1.82) is 0 Å². The molecule has 0 aliphatic carbocycles. The van der Waals surface area contributed by atoms with Crippen molar-refractivity contribution >= 4 is 11.6 Å². The molecular weight excluding hydrogens is 190 g/mol. The van der Waals surface area contributed by atoms with Crippen molar-refractivity contribution in [2.75, 3.05) is 19.3 Å². The van der Waals surface area contributed by atoms with E-state index < -0.39 is 0 Å². The summed E-state index contributed by atoms with van der Waals surface area (Å²) >= 11 is 0. The van der Waals surface area contributed by atoms with Crippen LogP contribution in [0.25, 0.3) is 0 Å². The third-order valence-corrected chi connectivity index (χ3v) is 2.24. The van der Waals surface area contributed by atoms with Gasteiger partial charge in [-0.2, -0.15) is 0 Å². The molecule has 1 aromatic rings. The molecule has 15 heavy (non-hydrogen) atoms. The van der Waals surface area contributed by atoms with E-state index in [9.17, 15) is 4.79 Å².